The maximum absolute atomic E-state index is 13.0. The molecule has 2 aromatic heterocycles. The Morgan fingerprint density at radius 2 is 1.82 bits per heavy atom. The zero-order valence-electron chi connectivity index (χ0n) is 19.9. The second-order valence-electron chi connectivity index (χ2n) is 8.69. The van der Waals surface area contributed by atoms with E-state index in [1.54, 1.807) is 28.8 Å². The summed E-state index contributed by atoms with van der Waals surface area (Å²) in [5.41, 5.74) is 8.84. The van der Waals surface area contributed by atoms with Gasteiger partial charge in [0.2, 0.25) is 0 Å². The third-order valence-electron chi connectivity index (χ3n) is 6.14. The van der Waals surface area contributed by atoms with Crippen LogP contribution in [0, 0.1) is 0 Å². The van der Waals surface area contributed by atoms with Gasteiger partial charge in [-0.1, -0.05) is 23.7 Å². The van der Waals surface area contributed by atoms with Gasteiger partial charge in [-0.15, -0.1) is 0 Å². The number of nitrogens with one attached hydrogen (secondary N) is 2. The number of anilines is 3. The number of morpholine rings is 1. The Kier molecular flexibility index (Phi) is 7.11. The van der Waals surface area contributed by atoms with Gasteiger partial charge < -0.3 is 21.1 Å². The molecule has 0 spiro atoms. The number of halogens is 4. The van der Waals surface area contributed by atoms with Crippen molar-refractivity contribution in [2.24, 2.45) is 0 Å². The Morgan fingerprint density at radius 1 is 1.08 bits per heavy atom. The Morgan fingerprint density at radius 3 is 2.53 bits per heavy atom. The molecular formula is C25H23ClF3N7O2. The fourth-order valence-corrected chi connectivity index (χ4v) is 4.43. The summed E-state index contributed by atoms with van der Waals surface area (Å²) in [6.07, 6.45) is -3.15. The quantitative estimate of drug-likeness (QED) is 0.321. The van der Waals surface area contributed by atoms with Gasteiger partial charge in [0.05, 0.1) is 35.2 Å². The van der Waals surface area contributed by atoms with Crippen molar-refractivity contribution >= 4 is 40.3 Å². The topological polar surface area (TPSA) is 110 Å². The highest BCUT2D eigenvalue weighted by Gasteiger charge is 2.31. The van der Waals surface area contributed by atoms with E-state index in [1.807, 2.05) is 6.07 Å². The Labute approximate surface area is 220 Å². The fraction of sp³-hybridized carbons (Fsp3) is 0.240. The average molecular weight is 546 g/mol. The normalized spacial score (nSPS) is 14.5. The standard InChI is InChI=1S/C25H23ClF3N7O2/c26-20-6-3-16(25(27,28)29)11-21(20)34-24(37)33-17-4-1-15(2-5-17)19-12-18(13-35-7-9-38-10-8-35)36-22(19)23(30)31-14-32-36/h1-6,11-12,14H,7-10,13H2,(H2,30,31,32)(H2,33,34,37). The Balaban J connectivity index is 1.34. The van der Waals surface area contributed by atoms with Crippen molar-refractivity contribution in [1.82, 2.24) is 19.5 Å². The Bertz CT molecular complexity index is 1470. The van der Waals surface area contributed by atoms with Crippen LogP contribution in [0.4, 0.5) is 35.2 Å². The van der Waals surface area contributed by atoms with E-state index in [9.17, 15) is 18.0 Å². The van der Waals surface area contributed by atoms with Crippen molar-refractivity contribution in [2.45, 2.75) is 12.7 Å². The number of aromatic nitrogens is 3. The number of nitrogens with two attached hydrogens (primary N) is 1. The van der Waals surface area contributed by atoms with E-state index in [-0.39, 0.29) is 10.7 Å². The van der Waals surface area contributed by atoms with E-state index >= 15 is 0 Å². The molecule has 3 heterocycles. The molecule has 1 aliphatic heterocycles. The largest absolute Gasteiger partial charge is 0.416 e. The molecule has 38 heavy (non-hydrogen) atoms. The number of carbonyl (C=O) groups excluding carboxylic acids is 1. The number of urea groups is 1. The van der Waals surface area contributed by atoms with Gasteiger partial charge in [0.25, 0.3) is 0 Å². The number of rotatable bonds is 5. The molecule has 9 nitrogen and oxygen atoms in total. The number of amides is 2. The van der Waals surface area contributed by atoms with Crippen LogP contribution >= 0.6 is 11.6 Å². The number of ether oxygens (including phenoxy) is 1. The van der Waals surface area contributed by atoms with Crippen molar-refractivity contribution in [1.29, 1.82) is 0 Å². The predicted octanol–water partition coefficient (Wildman–Crippen LogP) is 5.13. The number of carbonyl (C=O) groups is 1. The van der Waals surface area contributed by atoms with Gasteiger partial charge in [0.15, 0.2) is 5.82 Å². The molecule has 198 valence electrons. The number of fused-ring (bicyclic) bond motifs is 1. The van der Waals surface area contributed by atoms with Crippen molar-refractivity contribution in [2.75, 3.05) is 42.7 Å². The highest BCUT2D eigenvalue weighted by Crippen LogP contribution is 2.34. The maximum Gasteiger partial charge on any atom is 0.416 e. The molecule has 4 aromatic rings. The molecule has 1 saturated heterocycles. The minimum absolute atomic E-state index is 0.0169. The zero-order valence-corrected chi connectivity index (χ0v) is 20.7. The lowest BCUT2D eigenvalue weighted by Crippen LogP contribution is -2.36. The van der Waals surface area contributed by atoms with Crippen LogP contribution in [-0.4, -0.2) is 51.8 Å². The Hall–Kier alpha value is -3.87. The van der Waals surface area contributed by atoms with Gasteiger partial charge in [-0.25, -0.2) is 14.3 Å². The van der Waals surface area contributed by atoms with Gasteiger partial charge in [-0.3, -0.25) is 4.90 Å². The summed E-state index contributed by atoms with van der Waals surface area (Å²) in [5, 5.41) is 9.34. The molecule has 0 saturated carbocycles. The number of benzene rings is 2. The van der Waals surface area contributed by atoms with Crippen LogP contribution in [0.1, 0.15) is 11.3 Å². The molecule has 0 aliphatic carbocycles. The molecule has 1 fully saturated rings. The molecule has 1 aliphatic rings. The monoisotopic (exact) mass is 545 g/mol. The number of nitrogen functional groups attached to an aromatic ring is 1. The summed E-state index contributed by atoms with van der Waals surface area (Å²) < 4.78 is 46.2. The highest BCUT2D eigenvalue weighted by molar-refractivity contribution is 6.33. The first-order chi connectivity index (χ1) is 18.2. The van der Waals surface area contributed by atoms with Crippen LogP contribution in [0.25, 0.3) is 16.6 Å². The molecule has 0 radical (unpaired) electrons. The van der Waals surface area contributed by atoms with Crippen LogP contribution in [0.5, 0.6) is 0 Å². The highest BCUT2D eigenvalue weighted by atomic mass is 35.5. The molecule has 5 rings (SSSR count). The fourth-order valence-electron chi connectivity index (χ4n) is 4.27. The van der Waals surface area contributed by atoms with Gasteiger partial charge in [-0.2, -0.15) is 18.3 Å². The zero-order chi connectivity index (χ0) is 26.9. The third kappa shape index (κ3) is 5.52. The summed E-state index contributed by atoms with van der Waals surface area (Å²) in [5.74, 6) is 0.336. The SMILES string of the molecule is Nc1ncnn2c(CN3CCOCC3)cc(-c3ccc(NC(=O)Nc4cc(C(F)(F)F)ccc4Cl)cc3)c12. The first kappa shape index (κ1) is 25.8. The van der Waals surface area contributed by atoms with Gasteiger partial charge in [0.1, 0.15) is 11.8 Å². The molecular weight excluding hydrogens is 523 g/mol. The molecule has 2 amide bonds. The van der Waals surface area contributed by atoms with E-state index in [4.69, 9.17) is 22.1 Å². The first-order valence-corrected chi connectivity index (χ1v) is 12.0. The average Bonchev–Trinajstić information content (AvgIpc) is 3.25. The van der Waals surface area contributed by atoms with Gasteiger partial charge in [-0.05, 0) is 42.0 Å². The smallest absolute Gasteiger partial charge is 0.382 e. The second-order valence-corrected chi connectivity index (χ2v) is 9.10. The summed E-state index contributed by atoms with van der Waals surface area (Å²) in [7, 11) is 0. The van der Waals surface area contributed by atoms with Crippen LogP contribution in [0.2, 0.25) is 5.02 Å². The molecule has 4 N–H and O–H groups in total. The lowest BCUT2D eigenvalue weighted by molar-refractivity contribution is -0.137. The number of alkyl halides is 3. The van der Waals surface area contributed by atoms with Crippen LogP contribution in [0.3, 0.4) is 0 Å². The lowest BCUT2D eigenvalue weighted by atomic mass is 10.1. The minimum Gasteiger partial charge on any atom is -0.382 e. The number of nitrogens with zero attached hydrogens (tertiary/aromatic N) is 4. The van der Waals surface area contributed by atoms with Crippen molar-refractivity contribution in [3.63, 3.8) is 0 Å². The van der Waals surface area contributed by atoms with E-state index in [0.29, 0.717) is 36.8 Å². The molecule has 2 aromatic carbocycles. The van der Waals surface area contributed by atoms with Crippen molar-refractivity contribution in [3.05, 3.63) is 71.1 Å². The minimum atomic E-state index is -4.56. The number of hydrogen-bond acceptors (Lipinski definition) is 6. The van der Waals surface area contributed by atoms with Gasteiger partial charge >= 0.3 is 12.2 Å². The summed E-state index contributed by atoms with van der Waals surface area (Å²) in [4.78, 5) is 18.9. The van der Waals surface area contributed by atoms with Crippen molar-refractivity contribution in [3.8, 4) is 11.1 Å². The van der Waals surface area contributed by atoms with Crippen molar-refractivity contribution < 1.29 is 22.7 Å². The molecule has 0 atom stereocenters. The predicted molar refractivity (Wildman–Crippen MR) is 138 cm³/mol. The maximum atomic E-state index is 13.0. The van der Waals surface area contributed by atoms with Gasteiger partial charge in [0, 0.05) is 30.9 Å². The molecule has 0 bridgehead atoms. The van der Waals surface area contributed by atoms with E-state index in [0.717, 1.165) is 48.1 Å². The first-order valence-electron chi connectivity index (χ1n) is 11.7. The molecule has 13 heteroatoms. The summed E-state index contributed by atoms with van der Waals surface area (Å²) in [6, 6.07) is 10.9. The van der Waals surface area contributed by atoms with E-state index in [1.165, 1.54) is 6.33 Å². The second kappa shape index (κ2) is 10.5. The van der Waals surface area contributed by atoms with Crippen LogP contribution in [0.15, 0.2) is 54.9 Å². The third-order valence-corrected chi connectivity index (χ3v) is 6.47. The number of hydrogen-bond donors (Lipinski definition) is 3. The van der Waals surface area contributed by atoms with Crippen LogP contribution < -0.4 is 16.4 Å². The summed E-state index contributed by atoms with van der Waals surface area (Å²) in [6.45, 7) is 3.65. The lowest BCUT2D eigenvalue weighted by Gasteiger charge is -2.26. The molecule has 0 unspecified atom stereocenters. The van der Waals surface area contributed by atoms with E-state index in [2.05, 4.69) is 25.6 Å². The van der Waals surface area contributed by atoms with Crippen LogP contribution in [-0.2, 0) is 17.5 Å². The summed E-state index contributed by atoms with van der Waals surface area (Å²) >= 11 is 5.96. The van der Waals surface area contributed by atoms with E-state index < -0.39 is 17.8 Å².